The molecule has 2 aromatic rings. The molecular weight excluding hydrogens is 390 g/mol. The number of nitrogens with zero attached hydrogens (tertiary/aromatic N) is 3. The van der Waals surface area contributed by atoms with Gasteiger partial charge in [-0.2, -0.15) is 0 Å². The third kappa shape index (κ3) is 4.52. The van der Waals surface area contributed by atoms with Crippen molar-refractivity contribution in [2.24, 2.45) is 11.8 Å². The Morgan fingerprint density at radius 2 is 1.86 bits per heavy atom. The Hall–Kier alpha value is -2.22. The fourth-order valence-corrected chi connectivity index (χ4v) is 4.80. The molecule has 0 atom stereocenters. The topological polar surface area (TPSA) is 81.5 Å². The van der Waals surface area contributed by atoms with Crippen LogP contribution in [-0.4, -0.2) is 46.0 Å². The van der Waals surface area contributed by atoms with Gasteiger partial charge >= 0.3 is 5.97 Å². The molecule has 0 spiro atoms. The number of amides is 1. The molecule has 0 bridgehead atoms. The minimum absolute atomic E-state index is 0.0913. The summed E-state index contributed by atoms with van der Waals surface area (Å²) in [5, 5.41) is 0.486. The summed E-state index contributed by atoms with van der Waals surface area (Å²) in [5.41, 5.74) is 0.495. The van der Waals surface area contributed by atoms with E-state index >= 15 is 0 Å². The summed E-state index contributed by atoms with van der Waals surface area (Å²) in [7, 11) is 0. The van der Waals surface area contributed by atoms with Crippen molar-refractivity contribution in [3.8, 4) is 0 Å². The van der Waals surface area contributed by atoms with Crippen LogP contribution in [0.3, 0.4) is 0 Å². The fourth-order valence-electron chi connectivity index (χ4n) is 3.71. The van der Waals surface area contributed by atoms with E-state index in [1.165, 1.54) is 11.3 Å². The highest BCUT2D eigenvalue weighted by molar-refractivity contribution is 7.20. The average Bonchev–Trinajstić information content (AvgIpc) is 3.23. The molecule has 1 amide bonds. The Balaban J connectivity index is 1.76. The Kier molecular flexibility index (Phi) is 6.41. The maximum absolute atomic E-state index is 12.8. The van der Waals surface area contributed by atoms with Gasteiger partial charge in [-0.05, 0) is 30.7 Å². The number of fused-ring (bicyclic) bond motifs is 2. The molecule has 0 radical (unpaired) electrons. The number of carbonyl (C=O) groups excluding carboxylic acids is 2. The first-order valence-electron chi connectivity index (χ1n) is 10.2. The number of carbonyl (C=O) groups is 2. The summed E-state index contributed by atoms with van der Waals surface area (Å²) >= 11 is 1.17. The Morgan fingerprint density at radius 1 is 1.21 bits per heavy atom. The van der Waals surface area contributed by atoms with Gasteiger partial charge in [-0.1, -0.05) is 27.7 Å². The summed E-state index contributed by atoms with van der Waals surface area (Å²) in [6, 6.07) is 0. The standard InChI is InChI=1S/C21H29N3O4S/c1-12(2)9-23(10-13(3)4)16(25)11-28-21(27)18-14(5)17-19(29-18)22-15-7-6-8-24(15)20(17)26/h12-13H,6-11H2,1-5H3. The van der Waals surface area contributed by atoms with E-state index in [9.17, 15) is 14.4 Å². The first kappa shape index (κ1) is 21.5. The van der Waals surface area contributed by atoms with E-state index in [-0.39, 0.29) is 18.1 Å². The van der Waals surface area contributed by atoms with Crippen LogP contribution in [-0.2, 0) is 22.5 Å². The number of hydrogen-bond acceptors (Lipinski definition) is 6. The number of hydrogen-bond donors (Lipinski definition) is 0. The molecule has 0 fully saturated rings. The van der Waals surface area contributed by atoms with Crippen LogP contribution in [0.1, 0.15) is 55.2 Å². The minimum Gasteiger partial charge on any atom is -0.451 e. The van der Waals surface area contributed by atoms with Gasteiger partial charge in [-0.15, -0.1) is 11.3 Å². The van der Waals surface area contributed by atoms with Crippen molar-refractivity contribution >= 4 is 33.4 Å². The molecule has 2 aromatic heterocycles. The number of aryl methyl sites for hydroxylation is 2. The molecule has 0 aromatic carbocycles. The molecular formula is C21H29N3O4S. The second kappa shape index (κ2) is 8.65. The van der Waals surface area contributed by atoms with Crippen LogP contribution in [0.25, 0.3) is 10.2 Å². The van der Waals surface area contributed by atoms with Gasteiger partial charge in [0.1, 0.15) is 15.5 Å². The van der Waals surface area contributed by atoms with E-state index in [1.807, 2.05) is 0 Å². The monoisotopic (exact) mass is 419 g/mol. The van der Waals surface area contributed by atoms with Crippen molar-refractivity contribution in [3.63, 3.8) is 0 Å². The Bertz CT molecular complexity index is 980. The normalized spacial score (nSPS) is 13.3. The Labute approximate surface area is 174 Å². The summed E-state index contributed by atoms with van der Waals surface area (Å²) in [6.45, 7) is 11.6. The molecule has 0 unspecified atom stereocenters. The van der Waals surface area contributed by atoms with E-state index in [0.717, 1.165) is 18.7 Å². The second-order valence-corrected chi connectivity index (χ2v) is 9.49. The maximum Gasteiger partial charge on any atom is 0.349 e. The van der Waals surface area contributed by atoms with Crippen molar-refractivity contribution in [1.82, 2.24) is 14.5 Å². The van der Waals surface area contributed by atoms with Gasteiger partial charge in [0.2, 0.25) is 0 Å². The van der Waals surface area contributed by atoms with Gasteiger partial charge in [0, 0.05) is 26.1 Å². The number of aromatic nitrogens is 2. The van der Waals surface area contributed by atoms with E-state index in [1.54, 1.807) is 16.4 Å². The SMILES string of the molecule is Cc1c(C(=O)OCC(=O)N(CC(C)C)CC(C)C)sc2nc3n(c(=O)c12)CCC3. The third-order valence-corrected chi connectivity index (χ3v) is 6.11. The van der Waals surface area contributed by atoms with Crippen molar-refractivity contribution < 1.29 is 14.3 Å². The van der Waals surface area contributed by atoms with Gasteiger partial charge in [-0.25, -0.2) is 9.78 Å². The highest BCUT2D eigenvalue weighted by Gasteiger charge is 2.25. The number of esters is 1. The molecule has 3 heterocycles. The molecule has 0 N–H and O–H groups in total. The van der Waals surface area contributed by atoms with Crippen molar-refractivity contribution in [2.75, 3.05) is 19.7 Å². The van der Waals surface area contributed by atoms with Crippen LogP contribution >= 0.6 is 11.3 Å². The van der Waals surface area contributed by atoms with E-state index < -0.39 is 5.97 Å². The van der Waals surface area contributed by atoms with Crippen LogP contribution in [0.4, 0.5) is 0 Å². The van der Waals surface area contributed by atoms with Gasteiger partial charge in [0.25, 0.3) is 11.5 Å². The summed E-state index contributed by atoms with van der Waals surface area (Å²) < 4.78 is 7.02. The molecule has 0 saturated heterocycles. The molecule has 1 aliphatic rings. The minimum atomic E-state index is -0.572. The fraction of sp³-hybridized carbons (Fsp3) is 0.619. The lowest BCUT2D eigenvalue weighted by Gasteiger charge is -2.26. The molecule has 1 aliphatic heterocycles. The zero-order valence-electron chi connectivity index (χ0n) is 17.8. The zero-order valence-corrected chi connectivity index (χ0v) is 18.6. The molecule has 3 rings (SSSR count). The summed E-state index contributed by atoms with van der Waals surface area (Å²) in [5.74, 6) is 0.671. The van der Waals surface area contributed by atoms with Crippen LogP contribution in [0, 0.1) is 18.8 Å². The smallest absolute Gasteiger partial charge is 0.349 e. The lowest BCUT2D eigenvalue weighted by molar-refractivity contribution is -0.135. The summed E-state index contributed by atoms with van der Waals surface area (Å²) in [4.78, 5) is 45.2. The molecule has 0 aliphatic carbocycles. The third-order valence-electron chi connectivity index (χ3n) is 4.95. The van der Waals surface area contributed by atoms with Gasteiger partial charge in [0.05, 0.1) is 5.39 Å². The lowest BCUT2D eigenvalue weighted by Crippen LogP contribution is -2.39. The first-order valence-corrected chi connectivity index (χ1v) is 11.0. The quantitative estimate of drug-likeness (QED) is 0.645. The van der Waals surface area contributed by atoms with Crippen LogP contribution in [0.15, 0.2) is 4.79 Å². The van der Waals surface area contributed by atoms with E-state index in [4.69, 9.17) is 4.74 Å². The lowest BCUT2D eigenvalue weighted by atomic mass is 10.1. The maximum atomic E-state index is 12.8. The largest absolute Gasteiger partial charge is 0.451 e. The molecule has 0 saturated carbocycles. The van der Waals surface area contributed by atoms with Gasteiger partial charge in [-0.3, -0.25) is 14.2 Å². The van der Waals surface area contributed by atoms with Gasteiger partial charge < -0.3 is 9.64 Å². The zero-order chi connectivity index (χ0) is 21.3. The Morgan fingerprint density at radius 3 is 2.48 bits per heavy atom. The van der Waals surface area contributed by atoms with Crippen molar-refractivity contribution in [3.05, 3.63) is 26.6 Å². The van der Waals surface area contributed by atoms with Gasteiger partial charge in [0.15, 0.2) is 6.61 Å². The van der Waals surface area contributed by atoms with Crippen LogP contribution in [0.5, 0.6) is 0 Å². The number of rotatable bonds is 7. The number of ether oxygens (including phenoxy) is 1. The van der Waals surface area contributed by atoms with Crippen molar-refractivity contribution in [1.29, 1.82) is 0 Å². The van der Waals surface area contributed by atoms with E-state index in [2.05, 4.69) is 32.7 Å². The average molecular weight is 420 g/mol. The van der Waals surface area contributed by atoms with Crippen LogP contribution < -0.4 is 5.56 Å². The highest BCUT2D eigenvalue weighted by atomic mass is 32.1. The molecule has 8 heteroatoms. The van der Waals surface area contributed by atoms with Crippen molar-refractivity contribution in [2.45, 2.75) is 54.0 Å². The predicted molar refractivity (Wildman–Crippen MR) is 113 cm³/mol. The predicted octanol–water partition coefficient (Wildman–Crippen LogP) is 3.01. The molecule has 7 nitrogen and oxygen atoms in total. The number of thiophene rings is 1. The molecule has 158 valence electrons. The first-order chi connectivity index (χ1) is 13.7. The van der Waals surface area contributed by atoms with Crippen LogP contribution in [0.2, 0.25) is 0 Å². The molecule has 29 heavy (non-hydrogen) atoms. The highest BCUT2D eigenvalue weighted by Crippen LogP contribution is 2.29. The van der Waals surface area contributed by atoms with E-state index in [0.29, 0.717) is 52.1 Å². The second-order valence-electron chi connectivity index (χ2n) is 8.49. The summed E-state index contributed by atoms with van der Waals surface area (Å²) in [6.07, 6.45) is 1.69.